The van der Waals surface area contributed by atoms with Crippen molar-refractivity contribution in [3.8, 4) is 22.3 Å². The molecular weight excluding hydrogens is 615 g/mol. The van der Waals surface area contributed by atoms with E-state index in [4.69, 9.17) is 4.42 Å². The van der Waals surface area contributed by atoms with Crippen molar-refractivity contribution in [1.82, 2.24) is 0 Å². The van der Waals surface area contributed by atoms with Crippen molar-refractivity contribution >= 4 is 81.3 Å². The van der Waals surface area contributed by atoms with Crippen molar-refractivity contribution in [2.75, 3.05) is 4.90 Å². The van der Waals surface area contributed by atoms with Crippen LogP contribution in [-0.4, -0.2) is 0 Å². The van der Waals surface area contributed by atoms with Crippen molar-refractivity contribution in [1.29, 1.82) is 0 Å². The van der Waals surface area contributed by atoms with Crippen LogP contribution in [0, 0.1) is 0 Å². The molecule has 2 aromatic heterocycles. The van der Waals surface area contributed by atoms with E-state index in [0.717, 1.165) is 44.4 Å². The Hall–Kier alpha value is -6.16. The average Bonchev–Trinajstić information content (AvgIpc) is 3.75. The van der Waals surface area contributed by atoms with Crippen LogP contribution in [0.15, 0.2) is 180 Å². The molecule has 0 unspecified atom stereocenters. The normalized spacial score (nSPS) is 11.7. The van der Waals surface area contributed by atoms with E-state index in [1.165, 1.54) is 47.8 Å². The molecule has 8 aromatic carbocycles. The predicted molar refractivity (Wildman–Crippen MR) is 210 cm³/mol. The molecular formula is C46H29NOS. The zero-order valence-corrected chi connectivity index (χ0v) is 27.3. The molecule has 0 saturated heterocycles. The molecule has 0 radical (unpaired) electrons. The number of furan rings is 1. The largest absolute Gasteiger partial charge is 0.456 e. The molecule has 0 bridgehead atoms. The second-order valence-corrected chi connectivity index (χ2v) is 13.5. The maximum Gasteiger partial charge on any atom is 0.136 e. The topological polar surface area (TPSA) is 16.4 Å². The molecule has 10 aromatic rings. The van der Waals surface area contributed by atoms with Crippen LogP contribution >= 0.6 is 11.3 Å². The summed E-state index contributed by atoms with van der Waals surface area (Å²) in [5, 5.41) is 7.33. The molecule has 0 atom stereocenters. The Bertz CT molecular complexity index is 2810. The van der Waals surface area contributed by atoms with Gasteiger partial charge in [-0.1, -0.05) is 127 Å². The van der Waals surface area contributed by atoms with Crippen LogP contribution < -0.4 is 4.90 Å². The van der Waals surface area contributed by atoms with Gasteiger partial charge in [0.15, 0.2) is 0 Å². The third-order valence-corrected chi connectivity index (χ3v) is 10.9. The molecule has 0 aliphatic heterocycles. The van der Waals surface area contributed by atoms with Gasteiger partial charge >= 0.3 is 0 Å². The molecule has 10 rings (SSSR count). The highest BCUT2D eigenvalue weighted by Gasteiger charge is 2.20. The summed E-state index contributed by atoms with van der Waals surface area (Å²) < 4.78 is 9.14. The van der Waals surface area contributed by atoms with E-state index in [2.05, 4.69) is 181 Å². The van der Waals surface area contributed by atoms with Crippen LogP contribution in [0.25, 0.3) is 75.1 Å². The van der Waals surface area contributed by atoms with Crippen LogP contribution in [0.5, 0.6) is 0 Å². The predicted octanol–water partition coefficient (Wildman–Crippen LogP) is 13.9. The van der Waals surface area contributed by atoms with E-state index in [9.17, 15) is 0 Å². The fourth-order valence-corrected chi connectivity index (χ4v) is 8.69. The third kappa shape index (κ3) is 4.47. The lowest BCUT2D eigenvalue weighted by atomic mass is 9.92. The van der Waals surface area contributed by atoms with Gasteiger partial charge in [-0.05, 0) is 76.2 Å². The van der Waals surface area contributed by atoms with Gasteiger partial charge in [-0.3, -0.25) is 0 Å². The standard InChI is InChI=1S/C46H29NOS/c1-3-12-30(13-4-1)35-18-9-14-32-26-29-41-45(43(32)35)44-36(19-11-22-40(44)48-41)31-24-27-34(28-25-31)47(33-15-5-2-6-16-33)39-21-10-20-38-37-17-7-8-23-42(37)49-46(38)39/h1-29H. The number of hydrogen-bond donors (Lipinski definition) is 0. The van der Waals surface area contributed by atoms with Crippen molar-refractivity contribution in [2.45, 2.75) is 0 Å². The summed E-state index contributed by atoms with van der Waals surface area (Å²) in [5.74, 6) is 0. The van der Waals surface area contributed by atoms with Crippen molar-refractivity contribution in [3.63, 3.8) is 0 Å². The van der Waals surface area contributed by atoms with Gasteiger partial charge in [-0.15, -0.1) is 11.3 Å². The van der Waals surface area contributed by atoms with Gasteiger partial charge in [-0.2, -0.15) is 0 Å². The zero-order valence-electron chi connectivity index (χ0n) is 26.5. The Labute approximate surface area is 287 Å². The molecule has 0 N–H and O–H groups in total. The summed E-state index contributed by atoms with van der Waals surface area (Å²) in [6.45, 7) is 0. The highest BCUT2D eigenvalue weighted by Crippen LogP contribution is 2.46. The Kier molecular flexibility index (Phi) is 6.39. The Morgan fingerprint density at radius 3 is 1.88 bits per heavy atom. The third-order valence-electron chi connectivity index (χ3n) is 9.66. The Morgan fingerprint density at radius 2 is 1.04 bits per heavy atom. The van der Waals surface area contributed by atoms with Crippen LogP contribution in [0.1, 0.15) is 0 Å². The van der Waals surface area contributed by atoms with Crippen molar-refractivity contribution in [3.05, 3.63) is 176 Å². The minimum atomic E-state index is 0.897. The van der Waals surface area contributed by atoms with E-state index in [1.54, 1.807) is 0 Å². The number of para-hydroxylation sites is 1. The molecule has 0 saturated carbocycles. The van der Waals surface area contributed by atoms with E-state index >= 15 is 0 Å². The lowest BCUT2D eigenvalue weighted by molar-refractivity contribution is 0.669. The number of benzene rings is 8. The summed E-state index contributed by atoms with van der Waals surface area (Å²) >= 11 is 1.86. The van der Waals surface area contributed by atoms with E-state index in [1.807, 2.05) is 11.3 Å². The fourth-order valence-electron chi connectivity index (χ4n) is 7.49. The number of nitrogens with zero attached hydrogens (tertiary/aromatic N) is 1. The van der Waals surface area contributed by atoms with E-state index < -0.39 is 0 Å². The quantitative estimate of drug-likeness (QED) is 0.186. The van der Waals surface area contributed by atoms with Crippen LogP contribution in [0.2, 0.25) is 0 Å². The summed E-state index contributed by atoms with van der Waals surface area (Å²) in [5.41, 5.74) is 9.95. The summed E-state index contributed by atoms with van der Waals surface area (Å²) in [4.78, 5) is 2.38. The minimum Gasteiger partial charge on any atom is -0.456 e. The van der Waals surface area contributed by atoms with Gasteiger partial charge in [0.1, 0.15) is 11.2 Å². The van der Waals surface area contributed by atoms with Crippen LogP contribution in [0.4, 0.5) is 17.1 Å². The minimum absolute atomic E-state index is 0.897. The molecule has 2 heterocycles. The fraction of sp³-hybridized carbons (Fsp3) is 0. The van der Waals surface area contributed by atoms with Crippen LogP contribution in [0.3, 0.4) is 0 Å². The zero-order chi connectivity index (χ0) is 32.3. The molecule has 0 aliphatic rings. The summed E-state index contributed by atoms with van der Waals surface area (Å²) in [6.07, 6.45) is 0. The first-order valence-corrected chi connectivity index (χ1v) is 17.4. The molecule has 0 aliphatic carbocycles. The molecule has 2 nitrogen and oxygen atoms in total. The van der Waals surface area contributed by atoms with Gasteiger partial charge in [0.2, 0.25) is 0 Å². The summed E-state index contributed by atoms with van der Waals surface area (Å²) in [7, 11) is 0. The van der Waals surface area contributed by atoms with Crippen molar-refractivity contribution in [2.24, 2.45) is 0 Å². The average molecular weight is 644 g/mol. The number of thiophene rings is 1. The van der Waals surface area contributed by atoms with Gasteiger partial charge < -0.3 is 9.32 Å². The lowest BCUT2D eigenvalue weighted by Gasteiger charge is -2.26. The monoisotopic (exact) mass is 643 g/mol. The highest BCUT2D eigenvalue weighted by atomic mass is 32.1. The number of rotatable bonds is 5. The Morgan fingerprint density at radius 1 is 0.408 bits per heavy atom. The lowest BCUT2D eigenvalue weighted by Crippen LogP contribution is -2.09. The maximum absolute atomic E-state index is 6.55. The molecule has 0 amide bonds. The number of fused-ring (bicyclic) bond motifs is 8. The SMILES string of the molecule is c1ccc(-c2cccc3ccc4oc5cccc(-c6ccc(N(c7ccccc7)c7cccc8c7sc7ccccc78)cc6)c5c4c23)cc1. The van der Waals surface area contributed by atoms with Gasteiger partial charge in [0, 0.05) is 43.0 Å². The van der Waals surface area contributed by atoms with Gasteiger partial charge in [0.25, 0.3) is 0 Å². The molecule has 230 valence electrons. The van der Waals surface area contributed by atoms with E-state index in [0.29, 0.717) is 0 Å². The summed E-state index contributed by atoms with van der Waals surface area (Å²) in [6, 6.07) is 63.0. The maximum atomic E-state index is 6.55. The molecule has 0 spiro atoms. The molecule has 0 fully saturated rings. The Balaban J connectivity index is 1.17. The second-order valence-electron chi connectivity index (χ2n) is 12.5. The van der Waals surface area contributed by atoms with Gasteiger partial charge in [-0.25, -0.2) is 0 Å². The van der Waals surface area contributed by atoms with Crippen LogP contribution in [-0.2, 0) is 0 Å². The first-order chi connectivity index (χ1) is 24.3. The molecule has 3 heteroatoms. The first kappa shape index (κ1) is 27.9. The smallest absolute Gasteiger partial charge is 0.136 e. The second kappa shape index (κ2) is 11.2. The first-order valence-electron chi connectivity index (χ1n) is 16.6. The van der Waals surface area contributed by atoms with Crippen molar-refractivity contribution < 1.29 is 4.42 Å². The number of anilines is 3. The van der Waals surface area contributed by atoms with Gasteiger partial charge in [0.05, 0.1) is 10.4 Å². The highest BCUT2D eigenvalue weighted by molar-refractivity contribution is 7.26. The van der Waals surface area contributed by atoms with E-state index in [-0.39, 0.29) is 0 Å². The number of hydrogen-bond acceptors (Lipinski definition) is 3. The molecule has 49 heavy (non-hydrogen) atoms.